The molecule has 2 nitrogen and oxygen atoms in total. The lowest BCUT2D eigenvalue weighted by molar-refractivity contribution is -0.0513. The number of alkyl halides is 2. The molecule has 106 valence electrons. The second kappa shape index (κ2) is 4.48. The standard InChI is InChI=1S/C16H18F2N2/c1-11-2-3-12-10-13(4-5-14(12)20-11)15(19)6-8-16(17,18)9-7-15/h2-5,10H,6-9,19H2,1H3. The minimum atomic E-state index is -2.56. The first-order valence-corrected chi connectivity index (χ1v) is 6.93. The molecule has 0 spiro atoms. The van der Waals surface area contributed by atoms with Crippen LogP contribution >= 0.6 is 0 Å². The van der Waals surface area contributed by atoms with Gasteiger partial charge in [0, 0.05) is 29.5 Å². The maximum Gasteiger partial charge on any atom is 0.248 e. The lowest BCUT2D eigenvalue weighted by atomic mass is 9.76. The van der Waals surface area contributed by atoms with Crippen LogP contribution in [0.5, 0.6) is 0 Å². The van der Waals surface area contributed by atoms with E-state index in [1.54, 1.807) is 0 Å². The topological polar surface area (TPSA) is 38.9 Å². The van der Waals surface area contributed by atoms with Gasteiger partial charge in [0.05, 0.1) is 5.52 Å². The van der Waals surface area contributed by atoms with E-state index < -0.39 is 11.5 Å². The molecule has 1 heterocycles. The van der Waals surface area contributed by atoms with Crippen molar-refractivity contribution in [2.24, 2.45) is 5.73 Å². The van der Waals surface area contributed by atoms with Gasteiger partial charge in [0.15, 0.2) is 0 Å². The number of hydrogen-bond donors (Lipinski definition) is 1. The molecular weight excluding hydrogens is 258 g/mol. The quantitative estimate of drug-likeness (QED) is 0.857. The molecule has 0 radical (unpaired) electrons. The molecule has 0 aliphatic heterocycles. The number of nitrogens with two attached hydrogens (primary N) is 1. The molecule has 1 saturated carbocycles. The Hall–Kier alpha value is -1.55. The summed E-state index contributed by atoms with van der Waals surface area (Å²) in [5, 5.41) is 1.01. The van der Waals surface area contributed by atoms with Crippen molar-refractivity contribution in [1.82, 2.24) is 4.98 Å². The Bertz CT molecular complexity index is 642. The maximum atomic E-state index is 13.3. The molecule has 2 aromatic rings. The molecule has 1 aromatic carbocycles. The van der Waals surface area contributed by atoms with E-state index in [1.807, 2.05) is 37.3 Å². The Morgan fingerprint density at radius 3 is 2.45 bits per heavy atom. The van der Waals surface area contributed by atoms with Gasteiger partial charge in [-0.15, -0.1) is 0 Å². The van der Waals surface area contributed by atoms with Crippen LogP contribution in [0, 0.1) is 6.92 Å². The van der Waals surface area contributed by atoms with Crippen LogP contribution in [-0.2, 0) is 5.54 Å². The van der Waals surface area contributed by atoms with Gasteiger partial charge in [-0.3, -0.25) is 4.98 Å². The van der Waals surface area contributed by atoms with Gasteiger partial charge >= 0.3 is 0 Å². The molecule has 1 fully saturated rings. The molecule has 2 N–H and O–H groups in total. The fourth-order valence-electron chi connectivity index (χ4n) is 2.89. The van der Waals surface area contributed by atoms with Gasteiger partial charge in [-0.1, -0.05) is 12.1 Å². The average molecular weight is 276 g/mol. The van der Waals surface area contributed by atoms with Crippen molar-refractivity contribution in [3.05, 3.63) is 41.6 Å². The Morgan fingerprint density at radius 1 is 1.05 bits per heavy atom. The minimum Gasteiger partial charge on any atom is -0.321 e. The summed E-state index contributed by atoms with van der Waals surface area (Å²) in [6.45, 7) is 1.95. The zero-order valence-corrected chi connectivity index (χ0v) is 11.5. The summed E-state index contributed by atoms with van der Waals surface area (Å²) in [6, 6.07) is 9.80. The first-order chi connectivity index (χ1) is 9.38. The Kier molecular flexibility index (Phi) is 3.01. The number of benzene rings is 1. The summed E-state index contributed by atoms with van der Waals surface area (Å²) in [4.78, 5) is 4.45. The maximum absolute atomic E-state index is 13.3. The third kappa shape index (κ3) is 2.40. The van der Waals surface area contributed by atoms with Crippen LogP contribution in [0.4, 0.5) is 8.78 Å². The number of fused-ring (bicyclic) bond motifs is 1. The molecule has 4 heteroatoms. The number of halogens is 2. The summed E-state index contributed by atoms with van der Waals surface area (Å²) in [5.74, 6) is -2.56. The number of pyridine rings is 1. The largest absolute Gasteiger partial charge is 0.321 e. The Balaban J connectivity index is 1.96. The first kappa shape index (κ1) is 13.4. The summed E-state index contributed by atoms with van der Waals surface area (Å²) < 4.78 is 26.6. The van der Waals surface area contributed by atoms with Crippen molar-refractivity contribution in [3.63, 3.8) is 0 Å². The van der Waals surface area contributed by atoms with E-state index in [4.69, 9.17) is 5.73 Å². The molecule has 0 atom stereocenters. The van der Waals surface area contributed by atoms with Gasteiger partial charge in [0.1, 0.15) is 0 Å². The molecule has 0 unspecified atom stereocenters. The lowest BCUT2D eigenvalue weighted by Crippen LogP contribution is -2.43. The minimum absolute atomic E-state index is 0.131. The van der Waals surface area contributed by atoms with Gasteiger partial charge in [0.25, 0.3) is 0 Å². The molecule has 1 aliphatic carbocycles. The van der Waals surface area contributed by atoms with E-state index in [1.165, 1.54) is 0 Å². The second-order valence-corrected chi connectivity index (χ2v) is 5.87. The van der Waals surface area contributed by atoms with E-state index in [0.29, 0.717) is 12.8 Å². The molecule has 0 amide bonds. The van der Waals surface area contributed by atoms with Crippen molar-refractivity contribution in [3.8, 4) is 0 Å². The van der Waals surface area contributed by atoms with E-state index in [0.717, 1.165) is 22.2 Å². The van der Waals surface area contributed by atoms with Crippen molar-refractivity contribution >= 4 is 10.9 Å². The van der Waals surface area contributed by atoms with Crippen molar-refractivity contribution in [2.45, 2.75) is 44.1 Å². The second-order valence-electron chi connectivity index (χ2n) is 5.87. The summed E-state index contributed by atoms with van der Waals surface area (Å²) in [7, 11) is 0. The normalized spacial score (nSPS) is 21.0. The number of aryl methyl sites for hydroxylation is 1. The van der Waals surface area contributed by atoms with Gasteiger partial charge in [-0.25, -0.2) is 8.78 Å². The number of aromatic nitrogens is 1. The highest BCUT2D eigenvalue weighted by atomic mass is 19.3. The Labute approximate surface area is 117 Å². The van der Waals surface area contributed by atoms with Crippen LogP contribution in [0.2, 0.25) is 0 Å². The van der Waals surface area contributed by atoms with Gasteiger partial charge in [-0.05, 0) is 43.5 Å². The monoisotopic (exact) mass is 276 g/mol. The highest BCUT2D eigenvalue weighted by Gasteiger charge is 2.42. The lowest BCUT2D eigenvalue weighted by Gasteiger charge is -2.37. The number of hydrogen-bond acceptors (Lipinski definition) is 2. The first-order valence-electron chi connectivity index (χ1n) is 6.93. The molecular formula is C16H18F2N2. The molecule has 3 rings (SSSR count). The molecule has 1 aromatic heterocycles. The number of rotatable bonds is 1. The summed E-state index contributed by atoms with van der Waals surface area (Å²) in [6.07, 6.45) is 0.386. The molecule has 20 heavy (non-hydrogen) atoms. The van der Waals surface area contributed by atoms with E-state index in [2.05, 4.69) is 4.98 Å². The smallest absolute Gasteiger partial charge is 0.248 e. The third-order valence-corrected chi connectivity index (χ3v) is 4.28. The van der Waals surface area contributed by atoms with Gasteiger partial charge < -0.3 is 5.73 Å². The predicted octanol–water partition coefficient (Wildman–Crippen LogP) is 3.91. The SMILES string of the molecule is Cc1ccc2cc(C3(N)CCC(F)(F)CC3)ccc2n1. The third-order valence-electron chi connectivity index (χ3n) is 4.28. The van der Waals surface area contributed by atoms with Crippen LogP contribution in [0.3, 0.4) is 0 Å². The Morgan fingerprint density at radius 2 is 1.75 bits per heavy atom. The number of nitrogens with zero attached hydrogens (tertiary/aromatic N) is 1. The molecule has 0 bridgehead atoms. The summed E-state index contributed by atoms with van der Waals surface area (Å²) >= 11 is 0. The van der Waals surface area contributed by atoms with Crippen molar-refractivity contribution in [1.29, 1.82) is 0 Å². The van der Waals surface area contributed by atoms with Crippen molar-refractivity contribution < 1.29 is 8.78 Å². The molecule has 0 saturated heterocycles. The van der Waals surface area contributed by atoms with Crippen LogP contribution in [-0.4, -0.2) is 10.9 Å². The summed E-state index contributed by atoms with van der Waals surface area (Å²) in [5.41, 5.74) is 8.55. The van der Waals surface area contributed by atoms with E-state index in [9.17, 15) is 8.78 Å². The van der Waals surface area contributed by atoms with Gasteiger partial charge in [-0.2, -0.15) is 0 Å². The van der Waals surface area contributed by atoms with Crippen LogP contribution in [0.15, 0.2) is 30.3 Å². The zero-order chi connectivity index (χ0) is 14.4. The molecule has 1 aliphatic rings. The van der Waals surface area contributed by atoms with Crippen LogP contribution in [0.25, 0.3) is 10.9 Å². The fourth-order valence-corrected chi connectivity index (χ4v) is 2.89. The predicted molar refractivity (Wildman–Crippen MR) is 75.8 cm³/mol. The van der Waals surface area contributed by atoms with Crippen molar-refractivity contribution in [2.75, 3.05) is 0 Å². The van der Waals surface area contributed by atoms with Gasteiger partial charge in [0.2, 0.25) is 5.92 Å². The fraction of sp³-hybridized carbons (Fsp3) is 0.438. The van der Waals surface area contributed by atoms with E-state index in [-0.39, 0.29) is 12.8 Å². The highest BCUT2D eigenvalue weighted by Crippen LogP contribution is 2.42. The van der Waals surface area contributed by atoms with E-state index >= 15 is 0 Å². The highest BCUT2D eigenvalue weighted by molar-refractivity contribution is 5.79. The zero-order valence-electron chi connectivity index (χ0n) is 11.5. The average Bonchev–Trinajstić information content (AvgIpc) is 2.42. The van der Waals surface area contributed by atoms with Crippen LogP contribution in [0.1, 0.15) is 36.9 Å². The van der Waals surface area contributed by atoms with Crippen LogP contribution < -0.4 is 5.73 Å².